The van der Waals surface area contributed by atoms with Crippen LogP contribution in [0.3, 0.4) is 0 Å². The molecule has 8 heteroatoms. The van der Waals surface area contributed by atoms with E-state index in [1.807, 2.05) is 0 Å². The fraction of sp³-hybridized carbons (Fsp3) is 0.273. The number of rotatable bonds is 3. The summed E-state index contributed by atoms with van der Waals surface area (Å²) in [6, 6.07) is 1.41. The molecule has 1 unspecified atom stereocenters. The Morgan fingerprint density at radius 1 is 1.26 bits per heavy atom. The van der Waals surface area contributed by atoms with Crippen LogP contribution < -0.4 is 0 Å². The van der Waals surface area contributed by atoms with Gasteiger partial charge in [-0.1, -0.05) is 0 Å². The van der Waals surface area contributed by atoms with E-state index in [2.05, 4.69) is 4.74 Å². The zero-order chi connectivity index (χ0) is 14.8. The van der Waals surface area contributed by atoms with E-state index in [1.54, 1.807) is 0 Å². The number of ketones is 1. The average Bonchev–Trinajstić information content (AvgIpc) is 2.34. The molecule has 1 atom stereocenters. The summed E-state index contributed by atoms with van der Waals surface area (Å²) >= 11 is 5.54. The third kappa shape index (κ3) is 3.66. The summed E-state index contributed by atoms with van der Waals surface area (Å²) in [5, 5.41) is -1.75. The molecule has 0 radical (unpaired) electrons. The largest absolute Gasteiger partial charge is 0.463 e. The van der Waals surface area contributed by atoms with Crippen molar-refractivity contribution in [3.63, 3.8) is 0 Å². The summed E-state index contributed by atoms with van der Waals surface area (Å²) in [5.41, 5.74) is -1.77. The predicted molar refractivity (Wildman–Crippen MR) is 57.0 cm³/mol. The van der Waals surface area contributed by atoms with Crippen molar-refractivity contribution in [2.75, 3.05) is 7.11 Å². The van der Waals surface area contributed by atoms with Crippen molar-refractivity contribution >= 4 is 23.4 Å². The molecule has 104 valence electrons. The normalized spacial score (nSPS) is 12.9. The maximum atomic E-state index is 13.1. The number of ether oxygens (including phenoxy) is 1. The first kappa shape index (κ1) is 15.4. The first-order chi connectivity index (χ1) is 8.66. The summed E-state index contributed by atoms with van der Waals surface area (Å²) in [6.45, 7) is 0. The fourth-order valence-corrected chi connectivity index (χ4v) is 1.49. The molecule has 0 amide bonds. The maximum absolute atomic E-state index is 13.1. The minimum Gasteiger partial charge on any atom is -0.463 e. The standard InChI is InChI=1S/C11H7ClF4O3/c1-19-10(18)9(17)8(12)5-2-6(11(14,15)16)4-7(13)3-5/h2-4,8H,1H3. The Morgan fingerprint density at radius 3 is 2.32 bits per heavy atom. The first-order valence-electron chi connectivity index (χ1n) is 4.80. The quantitative estimate of drug-likeness (QED) is 0.373. The molecule has 0 heterocycles. The number of hydrogen-bond acceptors (Lipinski definition) is 3. The molecule has 0 fully saturated rings. The van der Waals surface area contributed by atoms with Crippen molar-refractivity contribution in [2.24, 2.45) is 0 Å². The molecule has 19 heavy (non-hydrogen) atoms. The fourth-order valence-electron chi connectivity index (χ4n) is 1.28. The van der Waals surface area contributed by atoms with Crippen molar-refractivity contribution < 1.29 is 31.9 Å². The van der Waals surface area contributed by atoms with Gasteiger partial charge in [0.1, 0.15) is 11.2 Å². The number of esters is 1. The topological polar surface area (TPSA) is 43.4 Å². The van der Waals surface area contributed by atoms with Crippen LogP contribution >= 0.6 is 11.6 Å². The van der Waals surface area contributed by atoms with Gasteiger partial charge in [-0.15, -0.1) is 11.6 Å². The second-order valence-electron chi connectivity index (χ2n) is 3.49. The number of carbonyl (C=O) groups is 2. The van der Waals surface area contributed by atoms with Crippen molar-refractivity contribution in [3.05, 3.63) is 35.1 Å². The third-order valence-electron chi connectivity index (χ3n) is 2.16. The van der Waals surface area contributed by atoms with Gasteiger partial charge >= 0.3 is 12.1 Å². The van der Waals surface area contributed by atoms with E-state index in [-0.39, 0.29) is 6.07 Å². The van der Waals surface area contributed by atoms with E-state index in [4.69, 9.17) is 11.6 Å². The van der Waals surface area contributed by atoms with E-state index in [9.17, 15) is 27.2 Å². The lowest BCUT2D eigenvalue weighted by Gasteiger charge is -2.12. The van der Waals surface area contributed by atoms with Crippen molar-refractivity contribution in [1.82, 2.24) is 0 Å². The average molecular weight is 299 g/mol. The molecule has 0 bridgehead atoms. The molecule has 1 aromatic rings. The monoisotopic (exact) mass is 298 g/mol. The van der Waals surface area contributed by atoms with Crippen molar-refractivity contribution in [3.8, 4) is 0 Å². The molecule has 0 aliphatic carbocycles. The Hall–Kier alpha value is -1.63. The highest BCUT2D eigenvalue weighted by Crippen LogP contribution is 2.33. The smallest absolute Gasteiger partial charge is 0.416 e. The molecule has 0 aliphatic rings. The number of Topliss-reactive ketones (excluding diaryl/α,β-unsaturated/α-hetero) is 1. The summed E-state index contributed by atoms with van der Waals surface area (Å²) in [7, 11) is 0.913. The Labute approximate surface area is 110 Å². The minimum absolute atomic E-state index is 0.260. The number of methoxy groups -OCH3 is 1. The minimum atomic E-state index is -4.79. The van der Waals surface area contributed by atoms with E-state index in [0.29, 0.717) is 12.1 Å². The van der Waals surface area contributed by atoms with Crippen LogP contribution in [0.4, 0.5) is 17.6 Å². The van der Waals surface area contributed by atoms with Gasteiger partial charge in [0, 0.05) is 0 Å². The summed E-state index contributed by atoms with van der Waals surface area (Å²) in [4.78, 5) is 22.3. The number of alkyl halides is 4. The van der Waals surface area contributed by atoms with Crippen LogP contribution in [0.2, 0.25) is 0 Å². The molecule has 0 aromatic heterocycles. The Balaban J connectivity index is 3.18. The highest BCUT2D eigenvalue weighted by molar-refractivity contribution is 6.47. The van der Waals surface area contributed by atoms with Gasteiger partial charge in [0.05, 0.1) is 12.7 Å². The second-order valence-corrected chi connectivity index (χ2v) is 3.93. The van der Waals surface area contributed by atoms with Crippen LogP contribution in [0.1, 0.15) is 16.5 Å². The zero-order valence-corrected chi connectivity index (χ0v) is 10.2. The molecule has 0 saturated heterocycles. The lowest BCUT2D eigenvalue weighted by atomic mass is 10.0. The summed E-state index contributed by atoms with van der Waals surface area (Å²) in [6.07, 6.45) is -4.79. The highest BCUT2D eigenvalue weighted by Gasteiger charge is 2.33. The van der Waals surface area contributed by atoms with Gasteiger partial charge in [-0.25, -0.2) is 9.18 Å². The molecular formula is C11H7ClF4O3. The van der Waals surface area contributed by atoms with Gasteiger partial charge in [-0.2, -0.15) is 13.2 Å². The predicted octanol–water partition coefficient (Wildman–Crippen LogP) is 2.87. The van der Waals surface area contributed by atoms with E-state index in [1.165, 1.54) is 0 Å². The van der Waals surface area contributed by atoms with Crippen LogP contribution in [-0.2, 0) is 20.5 Å². The lowest BCUT2D eigenvalue weighted by Crippen LogP contribution is -2.20. The molecule has 0 saturated carbocycles. The maximum Gasteiger partial charge on any atom is 0.416 e. The Morgan fingerprint density at radius 2 is 1.84 bits per heavy atom. The van der Waals surface area contributed by atoms with Crippen LogP contribution in [0.15, 0.2) is 18.2 Å². The van der Waals surface area contributed by atoms with E-state index < -0.39 is 40.3 Å². The van der Waals surface area contributed by atoms with Gasteiger partial charge in [-0.05, 0) is 23.8 Å². The first-order valence-corrected chi connectivity index (χ1v) is 5.24. The molecule has 0 N–H and O–H groups in total. The Bertz CT molecular complexity index is 513. The van der Waals surface area contributed by atoms with Gasteiger partial charge in [0.15, 0.2) is 0 Å². The molecule has 3 nitrogen and oxygen atoms in total. The number of carbonyl (C=O) groups excluding carboxylic acids is 2. The highest BCUT2D eigenvalue weighted by atomic mass is 35.5. The Kier molecular flexibility index (Phi) is 4.52. The molecule has 1 rings (SSSR count). The van der Waals surface area contributed by atoms with Crippen molar-refractivity contribution in [1.29, 1.82) is 0 Å². The second kappa shape index (κ2) is 5.56. The molecular weight excluding hydrogens is 292 g/mol. The molecule has 0 aliphatic heterocycles. The molecule has 1 aromatic carbocycles. The van der Waals surface area contributed by atoms with Crippen molar-refractivity contribution in [2.45, 2.75) is 11.6 Å². The number of benzene rings is 1. The van der Waals surface area contributed by atoms with Crippen LogP contribution in [-0.4, -0.2) is 18.9 Å². The van der Waals surface area contributed by atoms with Crippen LogP contribution in [0.5, 0.6) is 0 Å². The van der Waals surface area contributed by atoms with E-state index in [0.717, 1.165) is 7.11 Å². The van der Waals surface area contributed by atoms with Gasteiger partial charge in [0.25, 0.3) is 5.78 Å². The van der Waals surface area contributed by atoms with Crippen LogP contribution in [0.25, 0.3) is 0 Å². The number of halogens is 5. The van der Waals surface area contributed by atoms with Crippen LogP contribution in [0, 0.1) is 5.82 Å². The van der Waals surface area contributed by atoms with Gasteiger partial charge in [-0.3, -0.25) is 4.79 Å². The molecule has 0 spiro atoms. The zero-order valence-electron chi connectivity index (χ0n) is 9.42. The van der Waals surface area contributed by atoms with Gasteiger partial charge in [0.2, 0.25) is 0 Å². The third-order valence-corrected chi connectivity index (χ3v) is 2.61. The number of hydrogen-bond donors (Lipinski definition) is 0. The lowest BCUT2D eigenvalue weighted by molar-refractivity contribution is -0.151. The van der Waals surface area contributed by atoms with Gasteiger partial charge < -0.3 is 4.74 Å². The summed E-state index contributed by atoms with van der Waals surface area (Å²) in [5.74, 6) is -3.81. The summed E-state index contributed by atoms with van der Waals surface area (Å²) < 4.78 is 54.5. The SMILES string of the molecule is COC(=O)C(=O)C(Cl)c1cc(F)cc(C(F)(F)F)c1. The van der Waals surface area contributed by atoms with E-state index >= 15 is 0 Å².